The van der Waals surface area contributed by atoms with Gasteiger partial charge >= 0.3 is 12.0 Å². The number of hydrogen-bond donors (Lipinski definition) is 1. The molecule has 1 fully saturated rings. The molecule has 0 saturated carbocycles. The maximum atomic E-state index is 12.0. The van der Waals surface area contributed by atoms with Crippen LogP contribution in [0.4, 0.5) is 9.93 Å². The molecule has 7 nitrogen and oxygen atoms in total. The Morgan fingerprint density at radius 1 is 1.48 bits per heavy atom. The van der Waals surface area contributed by atoms with Crippen LogP contribution < -0.4 is 5.32 Å². The average molecular weight is 313 g/mol. The van der Waals surface area contributed by atoms with E-state index in [4.69, 9.17) is 4.74 Å². The number of carbonyl (C=O) groups excluding carboxylic acids is 2. The van der Waals surface area contributed by atoms with E-state index in [0.29, 0.717) is 50.7 Å². The highest BCUT2D eigenvalue weighted by molar-refractivity contribution is 7.13. The summed E-state index contributed by atoms with van der Waals surface area (Å²) in [5.41, 5.74) is 0.876. The van der Waals surface area contributed by atoms with Gasteiger partial charge in [0.1, 0.15) is 0 Å². The number of aromatic nitrogens is 1. The van der Waals surface area contributed by atoms with E-state index in [0.717, 1.165) is 5.69 Å². The summed E-state index contributed by atoms with van der Waals surface area (Å²) in [6, 6.07) is -0.145. The summed E-state index contributed by atoms with van der Waals surface area (Å²) in [6.07, 6.45) is 1.76. The monoisotopic (exact) mass is 313 g/mol. The largest absolute Gasteiger partial charge is 0.469 e. The molecule has 1 aliphatic rings. The fraction of sp³-hybridized carbons (Fsp3) is 0.615. The number of anilines is 1. The number of esters is 1. The predicted molar refractivity (Wildman–Crippen MR) is 78.5 cm³/mol. The third-order valence-corrected chi connectivity index (χ3v) is 3.91. The minimum absolute atomic E-state index is 0.145. The van der Waals surface area contributed by atoms with E-state index in [9.17, 15) is 9.59 Å². The number of amides is 2. The first kappa shape index (κ1) is 15.7. The minimum Gasteiger partial charge on any atom is -0.469 e. The zero-order valence-electron chi connectivity index (χ0n) is 12.0. The van der Waals surface area contributed by atoms with Crippen LogP contribution in [0.5, 0.6) is 0 Å². The van der Waals surface area contributed by atoms with Crippen molar-refractivity contribution < 1.29 is 19.1 Å². The molecule has 116 valence electrons. The van der Waals surface area contributed by atoms with Crippen LogP contribution in [-0.2, 0) is 20.7 Å². The third-order valence-electron chi connectivity index (χ3n) is 3.11. The van der Waals surface area contributed by atoms with Gasteiger partial charge in [-0.3, -0.25) is 10.1 Å². The van der Waals surface area contributed by atoms with Gasteiger partial charge < -0.3 is 14.4 Å². The van der Waals surface area contributed by atoms with E-state index in [-0.39, 0.29) is 12.0 Å². The van der Waals surface area contributed by atoms with Crippen molar-refractivity contribution in [2.24, 2.45) is 0 Å². The number of morpholine rings is 1. The van der Waals surface area contributed by atoms with Crippen LogP contribution in [0, 0.1) is 0 Å². The summed E-state index contributed by atoms with van der Waals surface area (Å²) in [4.78, 5) is 29.1. The van der Waals surface area contributed by atoms with Crippen molar-refractivity contribution in [1.82, 2.24) is 9.88 Å². The second-order valence-electron chi connectivity index (χ2n) is 4.60. The second kappa shape index (κ2) is 7.94. The molecule has 0 aromatic carbocycles. The maximum Gasteiger partial charge on any atom is 0.323 e. The Hall–Kier alpha value is -1.67. The lowest BCUT2D eigenvalue weighted by molar-refractivity contribution is -0.140. The summed E-state index contributed by atoms with van der Waals surface area (Å²) in [6.45, 7) is 2.35. The molecule has 2 heterocycles. The predicted octanol–water partition coefficient (Wildman–Crippen LogP) is 1.50. The molecule has 8 heteroatoms. The topological polar surface area (TPSA) is 80.8 Å². The molecule has 0 bridgehead atoms. The molecular formula is C13H19N3O4S. The van der Waals surface area contributed by atoms with E-state index < -0.39 is 0 Å². The highest BCUT2D eigenvalue weighted by Crippen LogP contribution is 2.17. The van der Waals surface area contributed by atoms with Crippen LogP contribution in [-0.4, -0.2) is 55.3 Å². The van der Waals surface area contributed by atoms with E-state index in [2.05, 4.69) is 15.0 Å². The zero-order chi connectivity index (χ0) is 15.1. The lowest BCUT2D eigenvalue weighted by Gasteiger charge is -2.26. The standard InChI is InChI=1S/C13H19N3O4S/c1-19-11(17)4-2-3-10-9-21-12(14-10)15-13(18)16-5-7-20-8-6-16/h9H,2-8H2,1H3,(H,14,15,18). The first-order valence-electron chi connectivity index (χ1n) is 6.84. The van der Waals surface area contributed by atoms with Crippen molar-refractivity contribution in [3.8, 4) is 0 Å². The Kier molecular flexibility index (Phi) is 5.94. The number of carbonyl (C=O) groups is 2. The normalized spacial score (nSPS) is 14.8. The van der Waals surface area contributed by atoms with Gasteiger partial charge in [0.25, 0.3) is 0 Å². The Bertz CT molecular complexity index is 486. The quantitative estimate of drug-likeness (QED) is 0.833. The van der Waals surface area contributed by atoms with Crippen molar-refractivity contribution in [3.63, 3.8) is 0 Å². The number of hydrogen-bond acceptors (Lipinski definition) is 6. The lowest BCUT2D eigenvalue weighted by Crippen LogP contribution is -2.43. The Labute approximate surface area is 127 Å². The molecule has 2 amide bonds. The number of methoxy groups -OCH3 is 1. The van der Waals surface area contributed by atoms with Crippen molar-refractivity contribution in [3.05, 3.63) is 11.1 Å². The van der Waals surface area contributed by atoms with E-state index in [1.165, 1.54) is 18.4 Å². The summed E-state index contributed by atoms with van der Waals surface area (Å²) in [7, 11) is 1.38. The highest BCUT2D eigenvalue weighted by atomic mass is 32.1. The van der Waals surface area contributed by atoms with Gasteiger partial charge in [0.2, 0.25) is 0 Å². The number of thiazole rings is 1. The van der Waals surface area contributed by atoms with Gasteiger partial charge in [0, 0.05) is 24.9 Å². The van der Waals surface area contributed by atoms with Gasteiger partial charge in [-0.1, -0.05) is 0 Å². The first-order valence-corrected chi connectivity index (χ1v) is 7.72. The summed E-state index contributed by atoms with van der Waals surface area (Å²) in [5, 5.41) is 5.27. The van der Waals surface area contributed by atoms with Crippen molar-refractivity contribution in [2.75, 3.05) is 38.7 Å². The molecule has 0 radical (unpaired) electrons. The van der Waals surface area contributed by atoms with Crippen molar-refractivity contribution >= 4 is 28.5 Å². The SMILES string of the molecule is COC(=O)CCCc1csc(NC(=O)N2CCOCC2)n1. The first-order chi connectivity index (χ1) is 10.2. The van der Waals surface area contributed by atoms with E-state index in [1.54, 1.807) is 4.90 Å². The van der Waals surface area contributed by atoms with Gasteiger partial charge in [-0.05, 0) is 12.8 Å². The molecule has 0 aliphatic carbocycles. The van der Waals surface area contributed by atoms with Gasteiger partial charge in [-0.2, -0.15) is 0 Å². The maximum absolute atomic E-state index is 12.0. The minimum atomic E-state index is -0.217. The molecule has 1 saturated heterocycles. The van der Waals surface area contributed by atoms with Crippen LogP contribution in [0.2, 0.25) is 0 Å². The molecule has 1 aromatic heterocycles. The van der Waals surface area contributed by atoms with Crippen LogP contribution in [0.15, 0.2) is 5.38 Å². The lowest BCUT2D eigenvalue weighted by atomic mass is 10.2. The highest BCUT2D eigenvalue weighted by Gasteiger charge is 2.17. The van der Waals surface area contributed by atoms with Crippen molar-refractivity contribution in [1.29, 1.82) is 0 Å². The summed E-state index contributed by atoms with van der Waals surface area (Å²) < 4.78 is 9.79. The molecule has 0 atom stereocenters. The smallest absolute Gasteiger partial charge is 0.323 e. The molecule has 0 spiro atoms. The number of urea groups is 1. The zero-order valence-corrected chi connectivity index (χ0v) is 12.8. The fourth-order valence-corrected chi connectivity index (χ4v) is 2.67. The number of rotatable bonds is 5. The average Bonchev–Trinajstić information content (AvgIpc) is 2.95. The number of nitrogens with one attached hydrogen (secondary N) is 1. The number of ether oxygens (including phenoxy) is 2. The molecule has 21 heavy (non-hydrogen) atoms. The number of aryl methyl sites for hydroxylation is 1. The molecule has 0 unspecified atom stereocenters. The molecule has 2 rings (SSSR count). The van der Waals surface area contributed by atoms with Crippen LogP contribution in [0.3, 0.4) is 0 Å². The number of nitrogens with zero attached hydrogens (tertiary/aromatic N) is 2. The van der Waals surface area contributed by atoms with Crippen LogP contribution in [0.1, 0.15) is 18.5 Å². The Balaban J connectivity index is 1.76. The molecule has 1 N–H and O–H groups in total. The molecule has 1 aliphatic heterocycles. The Morgan fingerprint density at radius 3 is 2.95 bits per heavy atom. The van der Waals surface area contributed by atoms with Gasteiger partial charge in [0.15, 0.2) is 5.13 Å². The molecule has 1 aromatic rings. The van der Waals surface area contributed by atoms with Crippen LogP contribution in [0.25, 0.3) is 0 Å². The third kappa shape index (κ3) is 4.98. The summed E-state index contributed by atoms with van der Waals surface area (Å²) >= 11 is 1.39. The Morgan fingerprint density at radius 2 is 2.24 bits per heavy atom. The van der Waals surface area contributed by atoms with Gasteiger partial charge in [-0.25, -0.2) is 9.78 Å². The van der Waals surface area contributed by atoms with E-state index >= 15 is 0 Å². The van der Waals surface area contributed by atoms with Crippen molar-refractivity contribution in [2.45, 2.75) is 19.3 Å². The fourth-order valence-electron chi connectivity index (χ4n) is 1.93. The second-order valence-corrected chi connectivity index (χ2v) is 5.46. The van der Waals surface area contributed by atoms with Crippen LogP contribution >= 0.6 is 11.3 Å². The van der Waals surface area contributed by atoms with E-state index in [1.807, 2.05) is 5.38 Å². The summed E-state index contributed by atoms with van der Waals surface area (Å²) in [5.74, 6) is -0.217. The molecular weight excluding hydrogens is 294 g/mol. The van der Waals surface area contributed by atoms with Gasteiger partial charge in [-0.15, -0.1) is 11.3 Å². The van der Waals surface area contributed by atoms with Gasteiger partial charge in [0.05, 0.1) is 26.0 Å².